The molecule has 2 amide bonds. The summed E-state index contributed by atoms with van der Waals surface area (Å²) in [5.41, 5.74) is 2.06. The van der Waals surface area contributed by atoms with Gasteiger partial charge in [0.2, 0.25) is 0 Å². The van der Waals surface area contributed by atoms with Crippen LogP contribution in [0.3, 0.4) is 0 Å². The van der Waals surface area contributed by atoms with Gasteiger partial charge in [-0.3, -0.25) is 9.59 Å². The zero-order valence-electron chi connectivity index (χ0n) is 10.2. The van der Waals surface area contributed by atoms with Gasteiger partial charge < -0.3 is 5.11 Å². The Morgan fingerprint density at radius 3 is 2.67 bits per heavy atom. The summed E-state index contributed by atoms with van der Waals surface area (Å²) in [5.74, 6) is -0.559. The topological polar surface area (TPSA) is 57.6 Å². The first-order valence-corrected chi connectivity index (χ1v) is 5.90. The summed E-state index contributed by atoms with van der Waals surface area (Å²) in [6, 6.07) is 7.29. The Bertz CT molecular complexity index is 520. The third-order valence-corrected chi connectivity index (χ3v) is 2.89. The van der Waals surface area contributed by atoms with E-state index in [4.69, 9.17) is 5.11 Å². The Hall–Kier alpha value is -1.94. The van der Waals surface area contributed by atoms with Crippen LogP contribution in [-0.4, -0.2) is 23.5 Å². The molecule has 0 aliphatic carbocycles. The molecule has 0 fully saturated rings. The highest BCUT2D eigenvalue weighted by molar-refractivity contribution is 6.30. The summed E-state index contributed by atoms with van der Waals surface area (Å²) in [7, 11) is 0. The Morgan fingerprint density at radius 1 is 1.28 bits per heavy atom. The molecule has 1 heterocycles. The van der Waals surface area contributed by atoms with Crippen LogP contribution in [0.4, 0.5) is 5.69 Å². The fourth-order valence-corrected chi connectivity index (χ4v) is 1.97. The molecule has 0 spiro atoms. The molecule has 1 aromatic carbocycles. The Morgan fingerprint density at radius 2 is 2.06 bits per heavy atom. The van der Waals surface area contributed by atoms with Crippen molar-refractivity contribution in [3.63, 3.8) is 0 Å². The lowest BCUT2D eigenvalue weighted by molar-refractivity contribution is -0.120. The zero-order chi connectivity index (χ0) is 13.1. The van der Waals surface area contributed by atoms with E-state index >= 15 is 0 Å². The maximum Gasteiger partial charge on any atom is 0.261 e. The number of aliphatic hydroxyl groups is 1. The van der Waals surface area contributed by atoms with Gasteiger partial charge in [0.15, 0.2) is 0 Å². The summed E-state index contributed by atoms with van der Waals surface area (Å²) in [4.78, 5) is 24.7. The number of carbonyl (C=O) groups is 2. The predicted molar refractivity (Wildman–Crippen MR) is 68.1 cm³/mol. The van der Waals surface area contributed by atoms with Crippen molar-refractivity contribution < 1.29 is 14.7 Å². The minimum atomic E-state index is -0.295. The molecule has 4 heteroatoms. The quantitative estimate of drug-likeness (QED) is 0.816. The van der Waals surface area contributed by atoms with E-state index < -0.39 is 0 Å². The molecule has 1 aromatic rings. The third-order valence-electron chi connectivity index (χ3n) is 2.89. The summed E-state index contributed by atoms with van der Waals surface area (Å²) in [5, 5.41) is 8.80. The van der Waals surface area contributed by atoms with Crippen molar-refractivity contribution in [3.05, 3.63) is 41.5 Å². The van der Waals surface area contributed by atoms with Crippen molar-refractivity contribution in [1.82, 2.24) is 0 Å². The third kappa shape index (κ3) is 2.33. The van der Waals surface area contributed by atoms with Gasteiger partial charge in [-0.25, -0.2) is 4.90 Å². The molecule has 0 aromatic heterocycles. The summed E-state index contributed by atoms with van der Waals surface area (Å²) in [6.07, 6.45) is 2.75. The van der Waals surface area contributed by atoms with Gasteiger partial charge in [-0.15, -0.1) is 0 Å². The van der Waals surface area contributed by atoms with Gasteiger partial charge in [0, 0.05) is 18.3 Å². The molecule has 0 saturated carbocycles. The molecule has 18 heavy (non-hydrogen) atoms. The number of anilines is 1. The van der Waals surface area contributed by atoms with Gasteiger partial charge >= 0.3 is 0 Å². The van der Waals surface area contributed by atoms with Crippen molar-refractivity contribution in [2.45, 2.75) is 19.8 Å². The van der Waals surface area contributed by atoms with E-state index in [9.17, 15) is 9.59 Å². The Kier molecular flexibility index (Phi) is 3.58. The maximum atomic E-state index is 11.8. The van der Waals surface area contributed by atoms with Crippen LogP contribution in [0.15, 0.2) is 35.9 Å². The van der Waals surface area contributed by atoms with Crippen molar-refractivity contribution in [3.8, 4) is 0 Å². The Balaban J connectivity index is 2.24. The number of amides is 2. The van der Waals surface area contributed by atoms with Crippen molar-refractivity contribution >= 4 is 17.5 Å². The normalized spacial score (nSPS) is 15.2. The van der Waals surface area contributed by atoms with Crippen LogP contribution >= 0.6 is 0 Å². The molecule has 0 saturated heterocycles. The first-order valence-electron chi connectivity index (χ1n) is 5.90. The van der Waals surface area contributed by atoms with Gasteiger partial charge in [-0.2, -0.15) is 0 Å². The van der Waals surface area contributed by atoms with E-state index in [1.807, 2.05) is 18.2 Å². The number of carbonyl (C=O) groups excluding carboxylic acids is 2. The lowest BCUT2D eigenvalue weighted by Gasteiger charge is -2.15. The Labute approximate surface area is 106 Å². The maximum absolute atomic E-state index is 11.8. The van der Waals surface area contributed by atoms with Crippen molar-refractivity contribution in [2.75, 3.05) is 11.5 Å². The number of hydrogen-bond donors (Lipinski definition) is 1. The highest BCUT2D eigenvalue weighted by Gasteiger charge is 2.29. The van der Waals surface area contributed by atoms with E-state index in [1.54, 1.807) is 13.0 Å². The fraction of sp³-hybridized carbons (Fsp3) is 0.286. The standard InChI is InChI=1S/C14H15NO3/c1-10-8-13(17)15(14(10)18)12-6-2-4-11(9-12)5-3-7-16/h2,4,6,8-9,16H,3,5,7H2,1H3. The van der Waals surface area contributed by atoms with Gasteiger partial charge in [-0.05, 0) is 37.5 Å². The average molecular weight is 245 g/mol. The molecule has 0 unspecified atom stereocenters. The SMILES string of the molecule is CC1=CC(=O)N(c2cccc(CCCO)c2)C1=O. The first kappa shape index (κ1) is 12.5. The first-order chi connectivity index (χ1) is 8.63. The molecule has 4 nitrogen and oxygen atoms in total. The van der Waals surface area contributed by atoms with E-state index in [0.717, 1.165) is 12.0 Å². The van der Waals surface area contributed by atoms with E-state index in [0.29, 0.717) is 17.7 Å². The molecule has 1 aliphatic heterocycles. The number of hydrogen-bond acceptors (Lipinski definition) is 3. The van der Waals surface area contributed by atoms with Gasteiger partial charge in [0.1, 0.15) is 0 Å². The number of rotatable bonds is 4. The molecular formula is C14H15NO3. The van der Waals surface area contributed by atoms with Crippen LogP contribution in [0.25, 0.3) is 0 Å². The molecule has 0 bridgehead atoms. The second-order valence-corrected chi connectivity index (χ2v) is 4.30. The molecule has 1 aliphatic rings. The zero-order valence-corrected chi connectivity index (χ0v) is 10.2. The van der Waals surface area contributed by atoms with Crippen LogP contribution in [0.1, 0.15) is 18.9 Å². The molecular weight excluding hydrogens is 230 g/mol. The molecule has 2 rings (SSSR count). The summed E-state index contributed by atoms with van der Waals surface area (Å²) >= 11 is 0. The second-order valence-electron chi connectivity index (χ2n) is 4.30. The van der Waals surface area contributed by atoms with Crippen molar-refractivity contribution in [1.29, 1.82) is 0 Å². The van der Waals surface area contributed by atoms with E-state index in [2.05, 4.69) is 0 Å². The monoisotopic (exact) mass is 245 g/mol. The van der Waals surface area contributed by atoms with Crippen molar-refractivity contribution in [2.24, 2.45) is 0 Å². The van der Waals surface area contributed by atoms with Gasteiger partial charge in [0.05, 0.1) is 5.69 Å². The summed E-state index contributed by atoms with van der Waals surface area (Å²) < 4.78 is 0. The smallest absolute Gasteiger partial charge is 0.261 e. The number of aliphatic hydroxyl groups excluding tert-OH is 1. The number of benzene rings is 1. The van der Waals surface area contributed by atoms with E-state index in [1.165, 1.54) is 11.0 Å². The summed E-state index contributed by atoms with van der Waals surface area (Å²) in [6.45, 7) is 1.77. The average Bonchev–Trinajstić information content (AvgIpc) is 2.61. The van der Waals surface area contributed by atoms with Gasteiger partial charge in [-0.1, -0.05) is 12.1 Å². The molecule has 1 N–H and O–H groups in total. The fourth-order valence-electron chi connectivity index (χ4n) is 1.97. The van der Waals surface area contributed by atoms with Crippen LogP contribution in [0.2, 0.25) is 0 Å². The van der Waals surface area contributed by atoms with E-state index in [-0.39, 0.29) is 18.4 Å². The highest BCUT2D eigenvalue weighted by atomic mass is 16.3. The molecule has 0 atom stereocenters. The van der Waals surface area contributed by atoms with Crippen LogP contribution < -0.4 is 4.90 Å². The predicted octanol–water partition coefficient (Wildman–Crippen LogP) is 1.43. The number of nitrogens with zero attached hydrogens (tertiary/aromatic N) is 1. The minimum absolute atomic E-state index is 0.131. The molecule has 0 radical (unpaired) electrons. The van der Waals surface area contributed by atoms with Crippen LogP contribution in [-0.2, 0) is 16.0 Å². The largest absolute Gasteiger partial charge is 0.396 e. The number of aryl methyl sites for hydroxylation is 1. The highest BCUT2D eigenvalue weighted by Crippen LogP contribution is 2.23. The second kappa shape index (κ2) is 5.14. The molecule has 94 valence electrons. The number of imide groups is 1. The van der Waals surface area contributed by atoms with Crippen LogP contribution in [0, 0.1) is 0 Å². The lowest BCUT2D eigenvalue weighted by Crippen LogP contribution is -2.30. The van der Waals surface area contributed by atoms with Gasteiger partial charge in [0.25, 0.3) is 11.8 Å². The van der Waals surface area contributed by atoms with Crippen LogP contribution in [0.5, 0.6) is 0 Å². The lowest BCUT2D eigenvalue weighted by atomic mass is 10.1. The minimum Gasteiger partial charge on any atom is -0.396 e.